The van der Waals surface area contributed by atoms with Gasteiger partial charge in [0.1, 0.15) is 5.75 Å². The Morgan fingerprint density at radius 3 is 2.78 bits per heavy atom. The van der Waals surface area contributed by atoms with Crippen LogP contribution in [0.1, 0.15) is 23.2 Å². The van der Waals surface area contributed by atoms with Crippen LogP contribution in [0.2, 0.25) is 5.02 Å². The van der Waals surface area contributed by atoms with Crippen molar-refractivity contribution < 1.29 is 13.5 Å². The zero-order chi connectivity index (χ0) is 18.9. The quantitative estimate of drug-likeness (QED) is 0.300. The minimum atomic E-state index is -2.89. The van der Waals surface area contributed by atoms with Crippen LogP contribution in [0, 0.1) is 0 Å². The molecule has 0 bridgehead atoms. The maximum absolute atomic E-state index is 12.5. The minimum Gasteiger partial charge on any atom is -0.434 e. The molecule has 1 aromatic heterocycles. The second-order valence-corrected chi connectivity index (χ2v) is 6.70. The summed E-state index contributed by atoms with van der Waals surface area (Å²) in [7, 11) is 1.64. The van der Waals surface area contributed by atoms with Gasteiger partial charge >= 0.3 is 6.61 Å². The molecule has 2 rings (SSSR count). The molecule has 0 radical (unpaired) electrons. The van der Waals surface area contributed by atoms with Crippen LogP contribution in [0.25, 0.3) is 0 Å². The lowest BCUT2D eigenvalue weighted by atomic mass is 10.2. The number of guanidine groups is 1. The zero-order valence-corrected chi connectivity index (χ0v) is 18.9. The predicted octanol–water partition coefficient (Wildman–Crippen LogP) is 4.49. The molecule has 0 amide bonds. The first-order valence-electron chi connectivity index (χ1n) is 8.12. The zero-order valence-electron chi connectivity index (χ0n) is 15.0. The van der Waals surface area contributed by atoms with E-state index in [1.54, 1.807) is 24.5 Å². The molecule has 2 aromatic rings. The van der Waals surface area contributed by atoms with Crippen molar-refractivity contribution in [2.24, 2.45) is 4.99 Å². The summed E-state index contributed by atoms with van der Waals surface area (Å²) in [5, 5.41) is 9.86. The molecule has 150 valence electrons. The average Bonchev–Trinajstić information content (AvgIpc) is 3.07. The monoisotopic (exact) mass is 530 g/mol. The molecule has 1 aromatic carbocycles. The first-order chi connectivity index (χ1) is 12.5. The fourth-order valence-electron chi connectivity index (χ4n) is 2.23. The number of ether oxygens (including phenoxy) is 1. The Morgan fingerprint density at radius 1 is 1.37 bits per heavy atom. The maximum atomic E-state index is 12.5. The Labute approximate surface area is 183 Å². The van der Waals surface area contributed by atoms with Crippen molar-refractivity contribution in [3.8, 4) is 5.75 Å². The summed E-state index contributed by atoms with van der Waals surface area (Å²) in [4.78, 5) is 8.63. The summed E-state index contributed by atoms with van der Waals surface area (Å²) in [6.45, 7) is 0.0918. The van der Waals surface area contributed by atoms with Crippen LogP contribution in [-0.4, -0.2) is 31.1 Å². The number of nitrogens with one attached hydrogen (secondary N) is 2. The van der Waals surface area contributed by atoms with E-state index in [4.69, 9.17) is 11.6 Å². The van der Waals surface area contributed by atoms with Gasteiger partial charge in [-0.05, 0) is 24.6 Å². The molecular formula is C17H22ClF2IN4OS. The van der Waals surface area contributed by atoms with Crippen molar-refractivity contribution in [3.05, 3.63) is 44.9 Å². The Bertz CT molecular complexity index is 745. The highest BCUT2D eigenvalue weighted by atomic mass is 127. The molecular weight excluding hydrogens is 509 g/mol. The van der Waals surface area contributed by atoms with E-state index in [1.807, 2.05) is 0 Å². The molecule has 0 spiro atoms. The van der Waals surface area contributed by atoms with Gasteiger partial charge in [-0.1, -0.05) is 18.5 Å². The fraction of sp³-hybridized carbons (Fsp3) is 0.412. The maximum Gasteiger partial charge on any atom is 0.387 e. The molecule has 1 heterocycles. The number of aromatic nitrogens is 1. The summed E-state index contributed by atoms with van der Waals surface area (Å²) in [6.07, 6.45) is 1.71. The highest BCUT2D eigenvalue weighted by Crippen LogP contribution is 2.24. The molecule has 0 unspecified atom stereocenters. The molecule has 2 N–H and O–H groups in total. The SMILES string of the molecule is CCc1nc(CCNC(=NC)NCc2cc(Cl)ccc2OC(F)F)cs1.I. The third-order valence-electron chi connectivity index (χ3n) is 3.48. The van der Waals surface area contributed by atoms with Crippen LogP contribution in [0.15, 0.2) is 28.6 Å². The summed E-state index contributed by atoms with van der Waals surface area (Å²) >= 11 is 7.60. The van der Waals surface area contributed by atoms with Gasteiger partial charge in [0, 0.05) is 42.5 Å². The fourth-order valence-corrected chi connectivity index (χ4v) is 3.21. The summed E-state index contributed by atoms with van der Waals surface area (Å²) in [5.74, 6) is 0.640. The molecule has 0 fully saturated rings. The third-order valence-corrected chi connectivity index (χ3v) is 4.76. The van der Waals surface area contributed by atoms with Gasteiger partial charge in [-0.25, -0.2) is 4.98 Å². The Balaban J connectivity index is 0.00000364. The van der Waals surface area contributed by atoms with Crippen LogP contribution in [0.3, 0.4) is 0 Å². The molecule has 10 heteroatoms. The Hall–Kier alpha value is -1.20. The van der Waals surface area contributed by atoms with Crippen molar-refractivity contribution in [3.63, 3.8) is 0 Å². The van der Waals surface area contributed by atoms with Crippen LogP contribution in [-0.2, 0) is 19.4 Å². The van der Waals surface area contributed by atoms with Crippen molar-refractivity contribution >= 4 is 52.9 Å². The number of thiazole rings is 1. The average molecular weight is 531 g/mol. The first kappa shape index (κ1) is 23.8. The van der Waals surface area contributed by atoms with Gasteiger partial charge in [-0.2, -0.15) is 8.78 Å². The van der Waals surface area contributed by atoms with Crippen LogP contribution in [0.4, 0.5) is 8.78 Å². The van der Waals surface area contributed by atoms with E-state index < -0.39 is 6.61 Å². The number of alkyl halides is 2. The first-order valence-corrected chi connectivity index (χ1v) is 9.38. The van der Waals surface area contributed by atoms with E-state index >= 15 is 0 Å². The number of hydrogen-bond acceptors (Lipinski definition) is 4. The lowest BCUT2D eigenvalue weighted by molar-refractivity contribution is -0.0504. The van der Waals surface area contributed by atoms with Gasteiger partial charge < -0.3 is 15.4 Å². The largest absolute Gasteiger partial charge is 0.434 e. The highest BCUT2D eigenvalue weighted by Gasteiger charge is 2.11. The lowest BCUT2D eigenvalue weighted by Crippen LogP contribution is -2.38. The van der Waals surface area contributed by atoms with Crippen molar-refractivity contribution in [1.82, 2.24) is 15.6 Å². The number of aryl methyl sites for hydroxylation is 1. The van der Waals surface area contributed by atoms with E-state index in [0.29, 0.717) is 23.1 Å². The van der Waals surface area contributed by atoms with Gasteiger partial charge in [-0.3, -0.25) is 4.99 Å². The van der Waals surface area contributed by atoms with E-state index in [1.165, 1.54) is 12.1 Å². The minimum absolute atomic E-state index is 0. The highest BCUT2D eigenvalue weighted by molar-refractivity contribution is 14.0. The summed E-state index contributed by atoms with van der Waals surface area (Å²) in [6, 6.07) is 4.52. The molecule has 5 nitrogen and oxygen atoms in total. The van der Waals surface area contributed by atoms with Gasteiger partial charge in [-0.15, -0.1) is 35.3 Å². The van der Waals surface area contributed by atoms with E-state index in [2.05, 4.69) is 37.7 Å². The van der Waals surface area contributed by atoms with Crippen LogP contribution in [0.5, 0.6) is 5.75 Å². The van der Waals surface area contributed by atoms with Crippen molar-refractivity contribution in [1.29, 1.82) is 0 Å². The topological polar surface area (TPSA) is 58.5 Å². The van der Waals surface area contributed by atoms with Gasteiger partial charge in [0.05, 0.1) is 10.7 Å². The smallest absolute Gasteiger partial charge is 0.387 e. The van der Waals surface area contributed by atoms with E-state index in [0.717, 1.165) is 23.5 Å². The van der Waals surface area contributed by atoms with Gasteiger partial charge in [0.2, 0.25) is 0 Å². The normalized spacial score (nSPS) is 11.3. The number of rotatable bonds is 8. The number of nitrogens with zero attached hydrogens (tertiary/aromatic N) is 2. The van der Waals surface area contributed by atoms with E-state index in [9.17, 15) is 8.78 Å². The standard InChI is InChI=1S/C17H21ClF2N4OS.HI/c1-3-15-24-13(10-26-15)6-7-22-17(21-2)23-9-11-8-12(18)4-5-14(11)25-16(19)20;/h4-5,8,10,16H,3,6-7,9H2,1-2H3,(H2,21,22,23);1H. The summed E-state index contributed by atoms with van der Waals surface area (Å²) in [5.41, 5.74) is 1.56. The molecule has 0 aliphatic carbocycles. The van der Waals surface area contributed by atoms with Crippen molar-refractivity contribution in [2.75, 3.05) is 13.6 Å². The lowest BCUT2D eigenvalue weighted by Gasteiger charge is -2.14. The molecule has 0 aliphatic heterocycles. The van der Waals surface area contributed by atoms with Gasteiger partial charge in [0.15, 0.2) is 5.96 Å². The number of hydrogen-bond donors (Lipinski definition) is 2. The third kappa shape index (κ3) is 8.14. The van der Waals surface area contributed by atoms with Gasteiger partial charge in [0.25, 0.3) is 0 Å². The molecule has 0 aliphatic rings. The Morgan fingerprint density at radius 2 is 2.15 bits per heavy atom. The van der Waals surface area contributed by atoms with Crippen LogP contribution >= 0.6 is 46.9 Å². The molecule has 0 saturated heterocycles. The number of aliphatic imine (C=N–C) groups is 1. The van der Waals surface area contributed by atoms with Crippen LogP contribution < -0.4 is 15.4 Å². The van der Waals surface area contributed by atoms with Crippen molar-refractivity contribution in [2.45, 2.75) is 32.9 Å². The second-order valence-electron chi connectivity index (χ2n) is 5.32. The summed E-state index contributed by atoms with van der Waals surface area (Å²) < 4.78 is 29.5. The number of halogens is 4. The second kappa shape index (κ2) is 12.3. The molecule has 0 atom stereocenters. The predicted molar refractivity (Wildman–Crippen MR) is 117 cm³/mol. The number of benzene rings is 1. The van der Waals surface area contributed by atoms with E-state index in [-0.39, 0.29) is 36.3 Å². The molecule has 0 saturated carbocycles. The Kier molecular flexibility index (Phi) is 10.9. The molecule has 27 heavy (non-hydrogen) atoms.